The highest BCUT2D eigenvalue weighted by molar-refractivity contribution is 7.89. The van der Waals surface area contributed by atoms with Gasteiger partial charge in [-0.2, -0.15) is 0 Å². The van der Waals surface area contributed by atoms with Crippen LogP contribution in [0.1, 0.15) is 29.8 Å². The number of carbonyl (C=O) groups excluding carboxylic acids is 2. The van der Waals surface area contributed by atoms with Crippen molar-refractivity contribution in [1.29, 1.82) is 0 Å². The second-order valence-corrected chi connectivity index (χ2v) is 8.06. The van der Waals surface area contributed by atoms with Crippen molar-refractivity contribution in [2.45, 2.75) is 30.7 Å². The topological polar surface area (TPSA) is 144 Å². The lowest BCUT2D eigenvalue weighted by molar-refractivity contribution is -0.116. The van der Waals surface area contributed by atoms with E-state index in [0.717, 1.165) is 4.88 Å². The zero-order chi connectivity index (χ0) is 19.3. The van der Waals surface area contributed by atoms with Gasteiger partial charge in [0.25, 0.3) is 0 Å². The molecular weight excluding hydrogens is 376 g/mol. The second-order valence-electron chi connectivity index (χ2n) is 5.55. The number of sulfonamides is 1. The van der Waals surface area contributed by atoms with E-state index in [2.05, 4.69) is 10.6 Å². The zero-order valence-corrected chi connectivity index (χ0v) is 15.7. The van der Waals surface area contributed by atoms with E-state index < -0.39 is 28.0 Å². The van der Waals surface area contributed by atoms with Crippen molar-refractivity contribution in [2.24, 2.45) is 10.9 Å². The molecule has 1 aromatic carbocycles. The molecule has 2 aromatic rings. The van der Waals surface area contributed by atoms with E-state index in [4.69, 9.17) is 10.9 Å². The summed E-state index contributed by atoms with van der Waals surface area (Å²) in [6.07, 6.45) is 0.437. The van der Waals surface area contributed by atoms with Gasteiger partial charge in [-0.25, -0.2) is 18.4 Å². The van der Waals surface area contributed by atoms with E-state index in [-0.39, 0.29) is 11.3 Å². The van der Waals surface area contributed by atoms with Crippen LogP contribution in [0.25, 0.3) is 0 Å². The Labute approximate surface area is 155 Å². The molecule has 0 aliphatic heterocycles. The Bertz CT molecular complexity index is 895. The molecule has 1 unspecified atom stereocenters. The van der Waals surface area contributed by atoms with Gasteiger partial charge in [-0.3, -0.25) is 4.79 Å². The normalized spacial score (nSPS) is 12.4. The quantitative estimate of drug-likeness (QED) is 0.564. The molecule has 0 aliphatic carbocycles. The Morgan fingerprint density at radius 3 is 2.54 bits per heavy atom. The molecule has 0 aliphatic rings. The number of nitrogens with one attached hydrogen (secondary N) is 2. The van der Waals surface area contributed by atoms with Crippen LogP contribution < -0.4 is 21.5 Å². The molecular formula is C16H20N4O4S2. The fourth-order valence-corrected chi connectivity index (χ4v) is 4.12. The minimum absolute atomic E-state index is 0.0251. The van der Waals surface area contributed by atoms with Crippen LogP contribution in [-0.4, -0.2) is 20.4 Å². The molecule has 6 N–H and O–H groups in total. The number of primary amides is 1. The molecule has 26 heavy (non-hydrogen) atoms. The van der Waals surface area contributed by atoms with Gasteiger partial charge in [0.05, 0.1) is 17.4 Å². The highest BCUT2D eigenvalue weighted by Gasteiger charge is 2.19. The summed E-state index contributed by atoms with van der Waals surface area (Å²) in [4.78, 5) is 24.3. The number of primary sulfonamides is 1. The summed E-state index contributed by atoms with van der Waals surface area (Å²) in [5.74, 6) is -0.401. The van der Waals surface area contributed by atoms with Crippen molar-refractivity contribution in [3.63, 3.8) is 0 Å². The maximum atomic E-state index is 12.3. The monoisotopic (exact) mass is 396 g/mol. The van der Waals surface area contributed by atoms with Crippen molar-refractivity contribution >= 4 is 39.0 Å². The molecule has 1 heterocycles. The van der Waals surface area contributed by atoms with Gasteiger partial charge in [-0.15, -0.1) is 11.3 Å². The minimum atomic E-state index is -3.90. The highest BCUT2D eigenvalue weighted by Crippen LogP contribution is 2.24. The number of hydrogen-bond donors (Lipinski definition) is 4. The third-order valence-electron chi connectivity index (χ3n) is 3.63. The Morgan fingerprint density at radius 2 is 2.00 bits per heavy atom. The fourth-order valence-electron chi connectivity index (χ4n) is 2.47. The van der Waals surface area contributed by atoms with Crippen LogP contribution >= 0.6 is 11.3 Å². The first kappa shape index (κ1) is 19.9. The summed E-state index contributed by atoms with van der Waals surface area (Å²) >= 11 is 1.39. The molecule has 1 aromatic heterocycles. The number of nitrogens with two attached hydrogens (primary N) is 2. The van der Waals surface area contributed by atoms with Crippen LogP contribution in [0.3, 0.4) is 0 Å². The third-order valence-corrected chi connectivity index (χ3v) is 5.61. The largest absolute Gasteiger partial charge is 0.352 e. The first-order valence-corrected chi connectivity index (χ1v) is 10.2. The third kappa shape index (κ3) is 5.28. The van der Waals surface area contributed by atoms with Gasteiger partial charge >= 0.3 is 6.03 Å². The number of thiophene rings is 1. The van der Waals surface area contributed by atoms with Crippen molar-refractivity contribution in [3.8, 4) is 0 Å². The number of urea groups is 1. The summed E-state index contributed by atoms with van der Waals surface area (Å²) in [6.45, 7) is 1.81. The van der Waals surface area contributed by atoms with E-state index in [1.165, 1.54) is 17.4 Å². The molecule has 2 rings (SSSR count). The molecule has 8 nitrogen and oxygen atoms in total. The lowest BCUT2D eigenvalue weighted by Crippen LogP contribution is -2.34. The number of benzene rings is 1. The highest BCUT2D eigenvalue weighted by atomic mass is 32.2. The van der Waals surface area contributed by atoms with E-state index in [0.29, 0.717) is 17.7 Å². The first-order valence-electron chi connectivity index (χ1n) is 7.75. The van der Waals surface area contributed by atoms with Gasteiger partial charge in [-0.05, 0) is 35.6 Å². The molecule has 1 atom stereocenters. The van der Waals surface area contributed by atoms with Crippen LogP contribution in [0.4, 0.5) is 10.5 Å². The molecule has 140 valence electrons. The van der Waals surface area contributed by atoms with E-state index >= 15 is 0 Å². The molecule has 0 radical (unpaired) electrons. The number of carbonyl (C=O) groups is 2. The molecule has 0 fully saturated rings. The van der Waals surface area contributed by atoms with Gasteiger partial charge < -0.3 is 16.4 Å². The molecule has 0 bridgehead atoms. The SMILES string of the molecule is CCc1ccc(NC(=O)CC(NC(N)=O)c2cccs2)cc1S(N)(=O)=O. The first-order chi connectivity index (χ1) is 12.2. The van der Waals surface area contributed by atoms with Crippen molar-refractivity contribution in [1.82, 2.24) is 5.32 Å². The van der Waals surface area contributed by atoms with Gasteiger partial charge in [-0.1, -0.05) is 19.1 Å². The van der Waals surface area contributed by atoms with Crippen LogP contribution in [0, 0.1) is 0 Å². The minimum Gasteiger partial charge on any atom is -0.352 e. The van der Waals surface area contributed by atoms with Crippen molar-refractivity contribution < 1.29 is 18.0 Å². The van der Waals surface area contributed by atoms with Crippen molar-refractivity contribution in [2.75, 3.05) is 5.32 Å². The van der Waals surface area contributed by atoms with Crippen LogP contribution in [0.2, 0.25) is 0 Å². The zero-order valence-electron chi connectivity index (χ0n) is 14.1. The lowest BCUT2D eigenvalue weighted by Gasteiger charge is -2.16. The van der Waals surface area contributed by atoms with Crippen LogP contribution in [0.15, 0.2) is 40.6 Å². The maximum absolute atomic E-state index is 12.3. The summed E-state index contributed by atoms with van der Waals surface area (Å²) < 4.78 is 23.4. The van der Waals surface area contributed by atoms with E-state index in [1.807, 2.05) is 12.3 Å². The second kappa shape index (κ2) is 8.30. The Balaban J connectivity index is 2.17. The summed E-state index contributed by atoms with van der Waals surface area (Å²) in [6, 6.07) is 6.82. The molecule has 3 amide bonds. The molecule has 0 spiro atoms. The van der Waals surface area contributed by atoms with Crippen molar-refractivity contribution in [3.05, 3.63) is 46.2 Å². The average molecular weight is 396 g/mol. The lowest BCUT2D eigenvalue weighted by atomic mass is 10.1. The average Bonchev–Trinajstić information content (AvgIpc) is 3.07. The predicted molar refractivity (Wildman–Crippen MR) is 100 cm³/mol. The maximum Gasteiger partial charge on any atom is 0.312 e. The fraction of sp³-hybridized carbons (Fsp3) is 0.250. The van der Waals surface area contributed by atoms with Gasteiger partial charge in [0.2, 0.25) is 15.9 Å². The number of rotatable bonds is 7. The number of aryl methyl sites for hydroxylation is 1. The summed E-state index contributed by atoms with van der Waals surface area (Å²) in [5, 5.41) is 12.2. The Kier molecular flexibility index (Phi) is 6.35. The molecule has 0 saturated heterocycles. The van der Waals surface area contributed by atoms with Gasteiger partial charge in [0, 0.05) is 10.6 Å². The van der Waals surface area contributed by atoms with Gasteiger partial charge in [0.1, 0.15) is 0 Å². The van der Waals surface area contributed by atoms with E-state index in [1.54, 1.807) is 24.3 Å². The predicted octanol–water partition coefficient (Wildman–Crippen LogP) is 1.70. The summed E-state index contributed by atoms with van der Waals surface area (Å²) in [7, 11) is -3.90. The van der Waals surface area contributed by atoms with Gasteiger partial charge in [0.15, 0.2) is 0 Å². The standard InChI is InChI=1S/C16H20N4O4S2/c1-2-10-5-6-11(8-14(10)26(18,23)24)19-15(21)9-12(20-16(17)22)13-4-3-7-25-13/h3-8,12H,2,9H2,1H3,(H,19,21)(H3,17,20,22)(H2,18,23,24). The molecule has 0 saturated carbocycles. The Morgan fingerprint density at radius 1 is 1.27 bits per heavy atom. The number of amides is 3. The summed E-state index contributed by atoms with van der Waals surface area (Å²) in [5.41, 5.74) is 6.04. The van der Waals surface area contributed by atoms with E-state index in [9.17, 15) is 18.0 Å². The molecule has 10 heteroatoms. The number of anilines is 1. The smallest absolute Gasteiger partial charge is 0.312 e. The Hall–Kier alpha value is -2.43. The van der Waals surface area contributed by atoms with Crippen LogP contribution in [0.5, 0.6) is 0 Å². The number of hydrogen-bond acceptors (Lipinski definition) is 5. The van der Waals surface area contributed by atoms with Crippen LogP contribution in [-0.2, 0) is 21.2 Å².